The van der Waals surface area contributed by atoms with E-state index in [1.807, 2.05) is 11.8 Å². The van der Waals surface area contributed by atoms with Crippen molar-refractivity contribution in [3.63, 3.8) is 0 Å². The van der Waals surface area contributed by atoms with Gasteiger partial charge in [0.1, 0.15) is 0 Å². The Kier molecular flexibility index (Phi) is 4.84. The number of nitrogens with two attached hydrogens (primary N) is 1. The number of rotatable bonds is 3. The van der Waals surface area contributed by atoms with E-state index in [1.165, 1.54) is 18.3 Å². The molecule has 0 unspecified atom stereocenters. The van der Waals surface area contributed by atoms with Crippen molar-refractivity contribution in [2.45, 2.75) is 25.9 Å². The Morgan fingerprint density at radius 1 is 1.32 bits per heavy atom. The molecule has 0 spiro atoms. The summed E-state index contributed by atoms with van der Waals surface area (Å²) in [4.78, 5) is 2.00. The second-order valence-corrected chi connectivity index (χ2v) is 5.74. The lowest BCUT2D eigenvalue weighted by molar-refractivity contribution is -0.137. The number of nitrogens with zero attached hydrogens (tertiary/aromatic N) is 1. The molecule has 5 heteroatoms. The lowest BCUT2D eigenvalue weighted by Gasteiger charge is -2.35. The van der Waals surface area contributed by atoms with Gasteiger partial charge in [-0.3, -0.25) is 0 Å². The molecule has 0 aromatic heterocycles. The van der Waals surface area contributed by atoms with Crippen LogP contribution >= 0.6 is 0 Å². The molecule has 2 rings (SSSR count). The van der Waals surface area contributed by atoms with Crippen LogP contribution in [0.1, 0.15) is 30.9 Å². The van der Waals surface area contributed by atoms with Gasteiger partial charge in [0.25, 0.3) is 0 Å². The quantitative estimate of drug-likeness (QED) is 0.837. The van der Waals surface area contributed by atoms with Crippen molar-refractivity contribution in [1.29, 1.82) is 0 Å². The molecule has 0 aliphatic carbocycles. The summed E-state index contributed by atoms with van der Waals surface area (Å²) in [5.74, 6) is 0.454. The molecule has 0 bridgehead atoms. The third kappa shape index (κ3) is 3.64. The van der Waals surface area contributed by atoms with Gasteiger partial charge in [-0.25, -0.2) is 0 Å². The van der Waals surface area contributed by atoms with E-state index in [-0.39, 0.29) is 0 Å². The van der Waals surface area contributed by atoms with Crippen molar-refractivity contribution in [2.75, 3.05) is 18.0 Å². The van der Waals surface area contributed by atoms with Crippen molar-refractivity contribution in [2.24, 2.45) is 11.7 Å². The molecular weight excluding hydrogens is 289 g/mol. The molecule has 0 saturated carbocycles. The molecule has 1 aromatic carbocycles. The molecular formula is C17H21F3N2. The molecule has 1 saturated heterocycles. The van der Waals surface area contributed by atoms with Crippen LogP contribution in [-0.2, 0) is 6.18 Å². The summed E-state index contributed by atoms with van der Waals surface area (Å²) in [6, 6.07) is 3.79. The zero-order valence-corrected chi connectivity index (χ0v) is 12.7. The number of piperidine rings is 1. The molecule has 1 fully saturated rings. The number of allylic oxidation sites excluding steroid dienone is 1. The van der Waals surface area contributed by atoms with Gasteiger partial charge in [-0.15, -0.1) is 0 Å². The lowest BCUT2D eigenvalue weighted by Crippen LogP contribution is -2.34. The van der Waals surface area contributed by atoms with E-state index in [0.29, 0.717) is 17.2 Å². The minimum Gasteiger partial charge on any atom is -0.405 e. The standard InChI is InChI=1S/C17H21F3N2/c1-12(2)13-6-9-22(10-7-13)16-11-15(17(18,19)20)4-3-14(16)5-8-21/h3-5,8,11,13H,1,6-7,9-10,21H2,2H3/b8-5+. The van der Waals surface area contributed by atoms with E-state index in [1.54, 1.807) is 6.08 Å². The lowest BCUT2D eigenvalue weighted by atomic mass is 9.90. The molecule has 1 heterocycles. The van der Waals surface area contributed by atoms with Gasteiger partial charge >= 0.3 is 6.18 Å². The molecule has 2 nitrogen and oxygen atoms in total. The SMILES string of the molecule is C=C(C)C1CCN(c2cc(C(F)(F)F)ccc2/C=C/N)CC1. The van der Waals surface area contributed by atoms with Crippen LogP contribution in [0, 0.1) is 5.92 Å². The molecule has 0 amide bonds. The Morgan fingerprint density at radius 2 is 1.95 bits per heavy atom. The first-order valence-electron chi connectivity index (χ1n) is 7.33. The highest BCUT2D eigenvalue weighted by molar-refractivity contribution is 5.69. The van der Waals surface area contributed by atoms with Crippen LogP contribution in [0.2, 0.25) is 0 Å². The number of halogens is 3. The molecule has 1 aromatic rings. The highest BCUT2D eigenvalue weighted by Crippen LogP contribution is 2.35. The first-order chi connectivity index (χ1) is 10.3. The average molecular weight is 310 g/mol. The fourth-order valence-electron chi connectivity index (χ4n) is 2.85. The summed E-state index contributed by atoms with van der Waals surface area (Å²) < 4.78 is 38.8. The van der Waals surface area contributed by atoms with E-state index in [0.717, 1.165) is 37.6 Å². The Morgan fingerprint density at radius 3 is 2.45 bits per heavy atom. The third-order valence-electron chi connectivity index (χ3n) is 4.17. The predicted octanol–water partition coefficient (Wildman–Crippen LogP) is 4.43. The van der Waals surface area contributed by atoms with Gasteiger partial charge in [0.2, 0.25) is 0 Å². The first kappa shape index (κ1) is 16.5. The van der Waals surface area contributed by atoms with Crippen LogP contribution in [0.3, 0.4) is 0 Å². The Hall–Kier alpha value is -1.91. The first-order valence-corrected chi connectivity index (χ1v) is 7.33. The summed E-state index contributed by atoms with van der Waals surface area (Å²) >= 11 is 0. The van der Waals surface area contributed by atoms with Crippen molar-refractivity contribution >= 4 is 11.8 Å². The van der Waals surface area contributed by atoms with Crippen molar-refractivity contribution in [1.82, 2.24) is 0 Å². The van der Waals surface area contributed by atoms with Crippen LogP contribution in [0.4, 0.5) is 18.9 Å². The number of hydrogen-bond donors (Lipinski definition) is 1. The normalized spacial score (nSPS) is 17.2. The monoisotopic (exact) mass is 310 g/mol. The maximum absolute atomic E-state index is 12.9. The average Bonchev–Trinajstić information content (AvgIpc) is 2.47. The van der Waals surface area contributed by atoms with Crippen LogP contribution in [0.15, 0.2) is 36.6 Å². The number of alkyl halides is 3. The second-order valence-electron chi connectivity index (χ2n) is 5.74. The molecule has 0 atom stereocenters. The summed E-state index contributed by atoms with van der Waals surface area (Å²) in [5.41, 5.74) is 7.24. The van der Waals surface area contributed by atoms with E-state index >= 15 is 0 Å². The van der Waals surface area contributed by atoms with E-state index in [4.69, 9.17) is 5.73 Å². The minimum absolute atomic E-state index is 0.454. The zero-order chi connectivity index (χ0) is 16.3. The van der Waals surface area contributed by atoms with Gasteiger partial charge in [0.05, 0.1) is 5.56 Å². The van der Waals surface area contributed by atoms with Gasteiger partial charge in [-0.05, 0) is 55.7 Å². The number of hydrogen-bond acceptors (Lipinski definition) is 2. The molecule has 120 valence electrons. The molecule has 1 aliphatic rings. The number of anilines is 1. The number of benzene rings is 1. The van der Waals surface area contributed by atoms with Crippen molar-refractivity contribution in [3.05, 3.63) is 47.7 Å². The Bertz CT molecular complexity index is 568. The van der Waals surface area contributed by atoms with Gasteiger partial charge in [0.15, 0.2) is 0 Å². The van der Waals surface area contributed by atoms with Crippen molar-refractivity contribution < 1.29 is 13.2 Å². The van der Waals surface area contributed by atoms with Gasteiger partial charge in [0, 0.05) is 18.8 Å². The minimum atomic E-state index is -4.34. The smallest absolute Gasteiger partial charge is 0.405 e. The molecule has 22 heavy (non-hydrogen) atoms. The second kappa shape index (κ2) is 6.46. The van der Waals surface area contributed by atoms with E-state index in [2.05, 4.69) is 6.58 Å². The fourth-order valence-corrected chi connectivity index (χ4v) is 2.85. The van der Waals surface area contributed by atoms with Gasteiger partial charge < -0.3 is 10.6 Å². The topological polar surface area (TPSA) is 29.3 Å². The predicted molar refractivity (Wildman–Crippen MR) is 84.4 cm³/mol. The fraction of sp³-hybridized carbons (Fsp3) is 0.412. The van der Waals surface area contributed by atoms with E-state index in [9.17, 15) is 13.2 Å². The summed E-state index contributed by atoms with van der Waals surface area (Å²) in [5, 5.41) is 0. The maximum Gasteiger partial charge on any atom is 0.416 e. The summed E-state index contributed by atoms with van der Waals surface area (Å²) in [7, 11) is 0. The van der Waals surface area contributed by atoms with Gasteiger partial charge in [-0.2, -0.15) is 13.2 Å². The van der Waals surface area contributed by atoms with Gasteiger partial charge in [-0.1, -0.05) is 18.2 Å². The summed E-state index contributed by atoms with van der Waals surface area (Å²) in [6.45, 7) is 7.44. The Labute approximate surface area is 129 Å². The largest absolute Gasteiger partial charge is 0.416 e. The Balaban J connectivity index is 2.30. The van der Waals surface area contributed by atoms with Crippen LogP contribution in [0.5, 0.6) is 0 Å². The molecule has 2 N–H and O–H groups in total. The molecule has 0 radical (unpaired) electrons. The summed E-state index contributed by atoms with van der Waals surface area (Å²) in [6.07, 6.45) is 0.484. The van der Waals surface area contributed by atoms with Crippen molar-refractivity contribution in [3.8, 4) is 0 Å². The van der Waals surface area contributed by atoms with Crippen LogP contribution < -0.4 is 10.6 Å². The maximum atomic E-state index is 12.9. The highest BCUT2D eigenvalue weighted by atomic mass is 19.4. The zero-order valence-electron chi connectivity index (χ0n) is 12.7. The van der Waals surface area contributed by atoms with Crippen LogP contribution in [0.25, 0.3) is 6.08 Å². The molecule has 1 aliphatic heterocycles. The van der Waals surface area contributed by atoms with Crippen LogP contribution in [-0.4, -0.2) is 13.1 Å². The highest BCUT2D eigenvalue weighted by Gasteiger charge is 2.32. The van der Waals surface area contributed by atoms with E-state index < -0.39 is 11.7 Å². The third-order valence-corrected chi connectivity index (χ3v) is 4.17.